The number of ether oxygens (including phenoxy) is 1. The van der Waals surface area contributed by atoms with Crippen LogP contribution in [-0.2, 0) is 20.3 Å². The van der Waals surface area contributed by atoms with Crippen LogP contribution in [0.4, 0.5) is 0 Å². The van der Waals surface area contributed by atoms with Gasteiger partial charge in [0.1, 0.15) is 0 Å². The zero-order valence-corrected chi connectivity index (χ0v) is 11.0. The summed E-state index contributed by atoms with van der Waals surface area (Å²) in [6.45, 7) is 4.89. The van der Waals surface area contributed by atoms with Crippen molar-refractivity contribution >= 4 is 9.84 Å². The van der Waals surface area contributed by atoms with E-state index < -0.39 is 9.84 Å². The molecule has 0 N–H and O–H groups in total. The highest BCUT2D eigenvalue weighted by molar-refractivity contribution is 7.91. The first-order chi connectivity index (χ1) is 7.99. The Kier molecular flexibility index (Phi) is 3.53. The topological polar surface area (TPSA) is 61.2 Å². The van der Waals surface area contributed by atoms with E-state index in [2.05, 4.69) is 5.10 Å². The summed E-state index contributed by atoms with van der Waals surface area (Å²) in [4.78, 5) is 0. The molecule has 2 rings (SSSR count). The monoisotopic (exact) mass is 258 g/mol. The second-order valence-electron chi connectivity index (χ2n) is 4.67. The predicted molar refractivity (Wildman–Crippen MR) is 64.5 cm³/mol. The van der Waals surface area contributed by atoms with Crippen LogP contribution in [0.2, 0.25) is 0 Å². The van der Waals surface area contributed by atoms with Crippen molar-refractivity contribution in [2.45, 2.75) is 37.3 Å². The number of aromatic nitrogens is 2. The largest absolute Gasteiger partial charge is 0.380 e. The summed E-state index contributed by atoms with van der Waals surface area (Å²) in [5.41, 5.74) is 0.616. The molecule has 1 unspecified atom stereocenters. The van der Waals surface area contributed by atoms with Crippen LogP contribution < -0.4 is 0 Å². The van der Waals surface area contributed by atoms with Crippen LogP contribution in [0, 0.1) is 0 Å². The smallest absolute Gasteiger partial charge is 0.161 e. The number of hydrogen-bond acceptors (Lipinski definition) is 4. The Bertz CT molecular complexity index is 473. The molecule has 2 heterocycles. The molecule has 1 aliphatic rings. The maximum absolute atomic E-state index is 12.1. The van der Waals surface area contributed by atoms with Crippen LogP contribution in [0.15, 0.2) is 12.3 Å². The summed E-state index contributed by atoms with van der Waals surface area (Å²) >= 11 is 0. The van der Waals surface area contributed by atoms with Gasteiger partial charge in [-0.25, -0.2) is 8.42 Å². The lowest BCUT2D eigenvalue weighted by Gasteiger charge is -2.08. The van der Waals surface area contributed by atoms with E-state index in [0.717, 1.165) is 0 Å². The van der Waals surface area contributed by atoms with Crippen molar-refractivity contribution in [3.8, 4) is 0 Å². The first-order valence-corrected chi connectivity index (χ1v) is 7.54. The summed E-state index contributed by atoms with van der Waals surface area (Å²) in [6, 6.07) is 2.02. The zero-order valence-electron chi connectivity index (χ0n) is 10.2. The fraction of sp³-hybridized carbons (Fsp3) is 0.727. The molecule has 0 aromatic carbocycles. The van der Waals surface area contributed by atoms with Crippen LogP contribution in [0.25, 0.3) is 0 Å². The summed E-state index contributed by atoms with van der Waals surface area (Å²) in [7, 11) is -3.13. The second-order valence-corrected chi connectivity index (χ2v) is 6.95. The minimum absolute atomic E-state index is 0.0146. The van der Waals surface area contributed by atoms with E-state index in [1.807, 2.05) is 20.0 Å². The molecule has 6 heteroatoms. The molecule has 1 fully saturated rings. The van der Waals surface area contributed by atoms with Gasteiger partial charge in [-0.3, -0.25) is 4.68 Å². The van der Waals surface area contributed by atoms with Gasteiger partial charge in [0.05, 0.1) is 23.3 Å². The maximum atomic E-state index is 12.1. The van der Waals surface area contributed by atoms with Gasteiger partial charge in [0, 0.05) is 18.8 Å². The SMILES string of the molecule is CC(C)n1ccc(CS(=O)(=O)C2CCOC2)n1. The molecule has 1 atom stereocenters. The summed E-state index contributed by atoms with van der Waals surface area (Å²) in [5.74, 6) is 0.0146. The van der Waals surface area contributed by atoms with Crippen molar-refractivity contribution in [3.63, 3.8) is 0 Å². The fourth-order valence-electron chi connectivity index (χ4n) is 1.86. The standard InChI is InChI=1S/C11H18N2O3S/c1-9(2)13-5-3-10(12-13)8-17(14,15)11-4-6-16-7-11/h3,5,9,11H,4,6-8H2,1-2H3. The molecule has 1 aliphatic heterocycles. The lowest BCUT2D eigenvalue weighted by molar-refractivity contribution is 0.198. The number of nitrogens with zero attached hydrogens (tertiary/aromatic N) is 2. The molecule has 1 aromatic rings. The van der Waals surface area contributed by atoms with Crippen LogP contribution in [-0.4, -0.2) is 36.7 Å². The van der Waals surface area contributed by atoms with Gasteiger partial charge in [-0.1, -0.05) is 0 Å². The molecule has 0 bridgehead atoms. The molecule has 0 amide bonds. The predicted octanol–water partition coefficient (Wildman–Crippen LogP) is 1.17. The Morgan fingerprint density at radius 1 is 1.59 bits per heavy atom. The van der Waals surface area contributed by atoms with Crippen LogP contribution >= 0.6 is 0 Å². The number of rotatable bonds is 4. The van der Waals surface area contributed by atoms with E-state index in [9.17, 15) is 8.42 Å². The van der Waals surface area contributed by atoms with Crippen LogP contribution in [0.3, 0.4) is 0 Å². The van der Waals surface area contributed by atoms with Crippen molar-refractivity contribution in [3.05, 3.63) is 18.0 Å². The normalized spacial score (nSPS) is 21.2. The quantitative estimate of drug-likeness (QED) is 0.813. The molecule has 5 nitrogen and oxygen atoms in total. The maximum Gasteiger partial charge on any atom is 0.161 e. The number of hydrogen-bond donors (Lipinski definition) is 0. The number of sulfone groups is 1. The van der Waals surface area contributed by atoms with Crippen molar-refractivity contribution in [2.75, 3.05) is 13.2 Å². The molecule has 1 saturated heterocycles. The molecule has 96 valence electrons. The van der Waals surface area contributed by atoms with Crippen molar-refractivity contribution < 1.29 is 13.2 Å². The Morgan fingerprint density at radius 3 is 2.88 bits per heavy atom. The van der Waals surface area contributed by atoms with Gasteiger partial charge in [-0.05, 0) is 26.3 Å². The molecule has 0 aliphatic carbocycles. The molecular weight excluding hydrogens is 240 g/mol. The summed E-state index contributed by atoms with van der Waals surface area (Å²) in [6.07, 6.45) is 2.42. The van der Waals surface area contributed by atoms with Crippen LogP contribution in [0.5, 0.6) is 0 Å². The van der Waals surface area contributed by atoms with Gasteiger partial charge in [0.2, 0.25) is 0 Å². The van der Waals surface area contributed by atoms with E-state index in [-0.39, 0.29) is 17.0 Å². The Labute approximate surface area is 102 Å². The van der Waals surface area contributed by atoms with E-state index in [0.29, 0.717) is 25.3 Å². The molecule has 0 saturated carbocycles. The Hall–Kier alpha value is -0.880. The fourth-order valence-corrected chi connectivity index (χ4v) is 3.42. The highest BCUT2D eigenvalue weighted by Crippen LogP contribution is 2.18. The highest BCUT2D eigenvalue weighted by Gasteiger charge is 2.30. The minimum Gasteiger partial charge on any atom is -0.380 e. The van der Waals surface area contributed by atoms with Gasteiger partial charge >= 0.3 is 0 Å². The molecule has 17 heavy (non-hydrogen) atoms. The Morgan fingerprint density at radius 2 is 2.35 bits per heavy atom. The van der Waals surface area contributed by atoms with Gasteiger partial charge in [0.25, 0.3) is 0 Å². The van der Waals surface area contributed by atoms with Crippen molar-refractivity contribution in [1.29, 1.82) is 0 Å². The first-order valence-electron chi connectivity index (χ1n) is 5.82. The van der Waals surface area contributed by atoms with E-state index in [4.69, 9.17) is 4.74 Å². The molecule has 0 radical (unpaired) electrons. The van der Waals surface area contributed by atoms with Crippen molar-refractivity contribution in [2.24, 2.45) is 0 Å². The third kappa shape index (κ3) is 2.87. The van der Waals surface area contributed by atoms with Gasteiger partial charge in [0.15, 0.2) is 9.84 Å². The first kappa shape index (κ1) is 12.6. The zero-order chi connectivity index (χ0) is 12.5. The van der Waals surface area contributed by atoms with Gasteiger partial charge in [-0.2, -0.15) is 5.10 Å². The highest BCUT2D eigenvalue weighted by atomic mass is 32.2. The van der Waals surface area contributed by atoms with E-state index >= 15 is 0 Å². The van der Waals surface area contributed by atoms with Gasteiger partial charge in [-0.15, -0.1) is 0 Å². The average molecular weight is 258 g/mol. The third-order valence-corrected chi connectivity index (χ3v) is 5.02. The average Bonchev–Trinajstić information content (AvgIpc) is 2.85. The van der Waals surface area contributed by atoms with E-state index in [1.54, 1.807) is 10.7 Å². The molecule has 0 spiro atoms. The second kappa shape index (κ2) is 4.78. The lowest BCUT2D eigenvalue weighted by atomic mass is 10.4. The lowest BCUT2D eigenvalue weighted by Crippen LogP contribution is -2.23. The third-order valence-electron chi connectivity index (χ3n) is 2.94. The van der Waals surface area contributed by atoms with Crippen molar-refractivity contribution in [1.82, 2.24) is 9.78 Å². The Balaban J connectivity index is 2.08. The molecule has 1 aromatic heterocycles. The minimum atomic E-state index is -3.13. The van der Waals surface area contributed by atoms with E-state index in [1.165, 1.54) is 0 Å². The van der Waals surface area contributed by atoms with Gasteiger partial charge < -0.3 is 4.74 Å². The molecular formula is C11H18N2O3S. The summed E-state index contributed by atoms with van der Waals surface area (Å²) in [5, 5.41) is 3.91. The summed E-state index contributed by atoms with van der Waals surface area (Å²) < 4.78 is 31.0. The van der Waals surface area contributed by atoms with Crippen LogP contribution in [0.1, 0.15) is 32.0 Å².